The Balaban J connectivity index is 1.49. The Bertz CT molecular complexity index is 972. The summed E-state index contributed by atoms with van der Waals surface area (Å²) in [6.07, 6.45) is 2.57. The van der Waals surface area contributed by atoms with E-state index in [0.717, 1.165) is 18.2 Å². The number of ether oxygens (including phenoxy) is 1. The van der Waals surface area contributed by atoms with Gasteiger partial charge < -0.3 is 10.1 Å². The van der Waals surface area contributed by atoms with E-state index >= 15 is 0 Å². The smallest absolute Gasteiger partial charge is 0.123 e. The van der Waals surface area contributed by atoms with Crippen molar-refractivity contribution in [1.29, 1.82) is 0 Å². The van der Waals surface area contributed by atoms with E-state index in [1.54, 1.807) is 7.11 Å². The maximum absolute atomic E-state index is 5.66. The van der Waals surface area contributed by atoms with Gasteiger partial charge in [0.1, 0.15) is 5.75 Å². The first kappa shape index (κ1) is 21.2. The monoisotopic (exact) mass is 426 g/mol. The first-order valence-electron chi connectivity index (χ1n) is 12.0. The predicted octanol–water partition coefficient (Wildman–Crippen LogP) is 5.39. The van der Waals surface area contributed by atoms with E-state index in [0.29, 0.717) is 18.0 Å². The highest BCUT2D eigenvalue weighted by atomic mass is 16.5. The second kappa shape index (κ2) is 9.48. The molecule has 3 aromatic carbocycles. The van der Waals surface area contributed by atoms with E-state index in [9.17, 15) is 0 Å². The molecule has 3 saturated heterocycles. The van der Waals surface area contributed by atoms with Crippen molar-refractivity contribution in [1.82, 2.24) is 10.2 Å². The fraction of sp³-hybridized carbons (Fsp3) is 0.379. The number of fused-ring (bicyclic) bond motifs is 3. The van der Waals surface area contributed by atoms with Gasteiger partial charge in [-0.25, -0.2) is 0 Å². The number of methoxy groups -OCH3 is 1. The Hall–Kier alpha value is -2.62. The quantitative estimate of drug-likeness (QED) is 0.548. The van der Waals surface area contributed by atoms with Crippen LogP contribution in [0.4, 0.5) is 0 Å². The van der Waals surface area contributed by atoms with Gasteiger partial charge in [-0.3, -0.25) is 4.90 Å². The van der Waals surface area contributed by atoms with Crippen LogP contribution in [-0.4, -0.2) is 37.2 Å². The van der Waals surface area contributed by atoms with Crippen LogP contribution in [0.2, 0.25) is 0 Å². The molecule has 3 aromatic rings. The molecule has 3 fully saturated rings. The number of aryl methyl sites for hydroxylation is 1. The van der Waals surface area contributed by atoms with Crippen molar-refractivity contribution in [2.24, 2.45) is 5.92 Å². The molecule has 2 atom stereocenters. The number of nitrogens with one attached hydrogen (secondary N) is 1. The molecule has 3 heterocycles. The summed E-state index contributed by atoms with van der Waals surface area (Å²) >= 11 is 0. The fourth-order valence-corrected chi connectivity index (χ4v) is 5.97. The largest absolute Gasteiger partial charge is 0.496 e. The lowest BCUT2D eigenvalue weighted by Crippen LogP contribution is -2.64. The molecule has 0 amide bonds. The van der Waals surface area contributed by atoms with Crippen LogP contribution in [0.25, 0.3) is 0 Å². The van der Waals surface area contributed by atoms with Crippen molar-refractivity contribution in [3.05, 3.63) is 101 Å². The van der Waals surface area contributed by atoms with Gasteiger partial charge >= 0.3 is 0 Å². The molecule has 1 N–H and O–H groups in total. The Morgan fingerprint density at radius 1 is 0.906 bits per heavy atom. The summed E-state index contributed by atoms with van der Waals surface area (Å²) in [5.74, 6) is 2.05. The predicted molar refractivity (Wildman–Crippen MR) is 131 cm³/mol. The molecule has 3 aliphatic rings. The number of rotatable bonds is 7. The Labute approximate surface area is 192 Å². The van der Waals surface area contributed by atoms with Crippen molar-refractivity contribution in [3.63, 3.8) is 0 Å². The molecule has 0 saturated carbocycles. The first-order valence-corrected chi connectivity index (χ1v) is 12.0. The fourth-order valence-electron chi connectivity index (χ4n) is 5.97. The molecule has 166 valence electrons. The lowest BCUT2D eigenvalue weighted by Gasteiger charge is -2.54. The van der Waals surface area contributed by atoms with Gasteiger partial charge in [0.25, 0.3) is 0 Å². The van der Waals surface area contributed by atoms with Crippen LogP contribution in [-0.2, 0) is 6.54 Å². The van der Waals surface area contributed by atoms with Crippen molar-refractivity contribution in [2.75, 3.05) is 20.2 Å². The molecule has 0 radical (unpaired) electrons. The molecule has 6 rings (SSSR count). The Morgan fingerprint density at radius 2 is 1.53 bits per heavy atom. The minimum absolute atomic E-state index is 0.359. The summed E-state index contributed by atoms with van der Waals surface area (Å²) in [6, 6.07) is 29.6. The number of benzene rings is 3. The molecule has 3 aliphatic heterocycles. The average molecular weight is 427 g/mol. The topological polar surface area (TPSA) is 24.5 Å². The zero-order valence-corrected chi connectivity index (χ0v) is 19.2. The SMILES string of the molecule is COc1ccc(C)cc1CN[C@H]1C2CCN(CC2)[C@H]1C(c1ccccc1)c1ccccc1. The normalized spacial score (nSPS) is 24.6. The van der Waals surface area contributed by atoms with Gasteiger partial charge in [0.2, 0.25) is 0 Å². The molecule has 0 unspecified atom stereocenters. The van der Waals surface area contributed by atoms with Crippen LogP contribution in [0.5, 0.6) is 5.75 Å². The average Bonchev–Trinajstić information content (AvgIpc) is 2.85. The van der Waals surface area contributed by atoms with Crippen LogP contribution in [0.15, 0.2) is 78.9 Å². The van der Waals surface area contributed by atoms with Gasteiger partial charge in [0.05, 0.1) is 7.11 Å². The summed E-state index contributed by atoms with van der Waals surface area (Å²) in [6.45, 7) is 5.41. The third-order valence-corrected chi connectivity index (χ3v) is 7.49. The van der Waals surface area contributed by atoms with E-state index in [2.05, 4.69) is 96.0 Å². The zero-order chi connectivity index (χ0) is 21.9. The lowest BCUT2D eigenvalue weighted by atomic mass is 9.70. The van der Waals surface area contributed by atoms with Crippen molar-refractivity contribution in [3.8, 4) is 5.75 Å². The molecule has 3 nitrogen and oxygen atoms in total. The number of nitrogens with zero attached hydrogens (tertiary/aromatic N) is 1. The van der Waals surface area contributed by atoms with Crippen LogP contribution in [0.3, 0.4) is 0 Å². The molecular weight excluding hydrogens is 392 g/mol. The van der Waals surface area contributed by atoms with Gasteiger partial charge in [-0.2, -0.15) is 0 Å². The Kier molecular flexibility index (Phi) is 6.29. The minimum atomic E-state index is 0.359. The molecule has 32 heavy (non-hydrogen) atoms. The van der Waals surface area contributed by atoms with Crippen molar-refractivity contribution >= 4 is 0 Å². The molecule has 0 aromatic heterocycles. The maximum Gasteiger partial charge on any atom is 0.123 e. The van der Waals surface area contributed by atoms with Gasteiger partial charge in [-0.15, -0.1) is 0 Å². The Morgan fingerprint density at radius 3 is 2.12 bits per heavy atom. The number of hydrogen-bond acceptors (Lipinski definition) is 3. The second-order valence-electron chi connectivity index (χ2n) is 9.39. The third kappa shape index (κ3) is 4.20. The van der Waals surface area contributed by atoms with E-state index < -0.39 is 0 Å². The summed E-state index contributed by atoms with van der Waals surface area (Å²) in [5.41, 5.74) is 5.35. The third-order valence-electron chi connectivity index (χ3n) is 7.49. The maximum atomic E-state index is 5.66. The van der Waals surface area contributed by atoms with Gasteiger partial charge in [-0.1, -0.05) is 78.4 Å². The number of piperidine rings is 3. The standard InChI is InChI=1S/C29H34N2O/c1-21-13-14-26(32-2)25(19-21)20-30-28-24-15-17-31(18-16-24)29(28)27(22-9-5-3-6-10-22)23-11-7-4-8-12-23/h3-14,19,24,27-30H,15-18,20H2,1-2H3/t28-,29-/m0/s1. The van der Waals surface area contributed by atoms with Crippen LogP contribution in [0.1, 0.15) is 41.0 Å². The molecule has 2 bridgehead atoms. The van der Waals surface area contributed by atoms with E-state index in [1.165, 1.54) is 48.2 Å². The van der Waals surface area contributed by atoms with Crippen molar-refractivity contribution < 1.29 is 4.74 Å². The summed E-state index contributed by atoms with van der Waals surface area (Å²) < 4.78 is 5.66. The van der Waals surface area contributed by atoms with E-state index in [-0.39, 0.29) is 0 Å². The summed E-state index contributed by atoms with van der Waals surface area (Å²) in [7, 11) is 1.77. The van der Waals surface area contributed by atoms with Crippen LogP contribution in [0, 0.1) is 12.8 Å². The molecule has 0 aliphatic carbocycles. The second-order valence-corrected chi connectivity index (χ2v) is 9.39. The lowest BCUT2D eigenvalue weighted by molar-refractivity contribution is 0.00462. The molecule has 3 heteroatoms. The highest BCUT2D eigenvalue weighted by molar-refractivity contribution is 5.38. The van der Waals surface area contributed by atoms with Gasteiger partial charge in [-0.05, 0) is 56.0 Å². The van der Waals surface area contributed by atoms with Gasteiger partial charge in [0.15, 0.2) is 0 Å². The van der Waals surface area contributed by atoms with E-state index in [1.807, 2.05) is 0 Å². The minimum Gasteiger partial charge on any atom is -0.496 e. The summed E-state index contributed by atoms with van der Waals surface area (Å²) in [5, 5.41) is 4.02. The van der Waals surface area contributed by atoms with Crippen LogP contribution < -0.4 is 10.1 Å². The zero-order valence-electron chi connectivity index (χ0n) is 19.2. The highest BCUT2D eigenvalue weighted by Gasteiger charge is 2.46. The molecule has 0 spiro atoms. The highest BCUT2D eigenvalue weighted by Crippen LogP contribution is 2.42. The molecular formula is C29H34N2O. The summed E-state index contributed by atoms with van der Waals surface area (Å²) in [4.78, 5) is 2.75. The van der Waals surface area contributed by atoms with E-state index in [4.69, 9.17) is 4.74 Å². The van der Waals surface area contributed by atoms with Gasteiger partial charge in [0, 0.05) is 30.1 Å². The number of hydrogen-bond donors (Lipinski definition) is 1. The van der Waals surface area contributed by atoms with Crippen LogP contribution >= 0.6 is 0 Å². The van der Waals surface area contributed by atoms with Crippen molar-refractivity contribution in [2.45, 2.75) is 44.3 Å². The first-order chi connectivity index (χ1) is 15.7.